The number of methoxy groups -OCH3 is 1. The van der Waals surface area contributed by atoms with Gasteiger partial charge >= 0.3 is 0 Å². The summed E-state index contributed by atoms with van der Waals surface area (Å²) in [6.45, 7) is 2.25. The molecule has 4 heteroatoms. The summed E-state index contributed by atoms with van der Waals surface area (Å²) in [5, 5.41) is 0. The Hall–Kier alpha value is -1.29. The maximum atomic E-state index is 5.39. The molecule has 3 rings (SSSR count). The van der Waals surface area contributed by atoms with Crippen LogP contribution in [0.15, 0.2) is 18.2 Å². The molecule has 84 valence electrons. The minimum atomic E-state index is 0.210. The zero-order valence-corrected chi connectivity index (χ0v) is 10.2. The fourth-order valence-electron chi connectivity index (χ4n) is 2.15. The third kappa shape index (κ3) is 1.29. The lowest BCUT2D eigenvalue weighted by atomic mass is 10.2. The zero-order chi connectivity index (χ0) is 11.3. The molecule has 1 fully saturated rings. The van der Waals surface area contributed by atoms with Crippen molar-refractivity contribution in [2.45, 2.75) is 25.3 Å². The first kappa shape index (κ1) is 9.90. The van der Waals surface area contributed by atoms with Crippen molar-refractivity contribution >= 4 is 23.3 Å². The Morgan fingerprint density at radius 3 is 2.81 bits per heavy atom. The van der Waals surface area contributed by atoms with Gasteiger partial charge in [0, 0.05) is 11.6 Å². The predicted molar refractivity (Wildman–Crippen MR) is 66.6 cm³/mol. The van der Waals surface area contributed by atoms with Crippen molar-refractivity contribution < 1.29 is 4.74 Å². The Morgan fingerprint density at radius 2 is 2.19 bits per heavy atom. The van der Waals surface area contributed by atoms with E-state index in [0.717, 1.165) is 21.6 Å². The van der Waals surface area contributed by atoms with Crippen LogP contribution in [0, 0.1) is 4.77 Å². The molecule has 1 aromatic heterocycles. The van der Waals surface area contributed by atoms with Crippen LogP contribution in [-0.4, -0.2) is 16.7 Å². The van der Waals surface area contributed by atoms with Gasteiger partial charge in [0.1, 0.15) is 5.75 Å². The number of fused-ring (bicyclic) bond motifs is 1. The number of ether oxygens (including phenoxy) is 1. The second-order valence-electron chi connectivity index (χ2n) is 4.65. The average Bonchev–Trinajstić information content (AvgIpc) is 2.90. The molecule has 0 bridgehead atoms. The van der Waals surface area contributed by atoms with Crippen molar-refractivity contribution in [1.82, 2.24) is 9.55 Å². The van der Waals surface area contributed by atoms with E-state index in [-0.39, 0.29) is 5.54 Å². The number of aromatic amines is 1. The van der Waals surface area contributed by atoms with Gasteiger partial charge in [0.05, 0.1) is 18.1 Å². The second kappa shape index (κ2) is 3.10. The molecule has 0 aliphatic heterocycles. The van der Waals surface area contributed by atoms with Gasteiger partial charge in [0.15, 0.2) is 4.77 Å². The van der Waals surface area contributed by atoms with Gasteiger partial charge < -0.3 is 14.3 Å². The lowest BCUT2D eigenvalue weighted by molar-refractivity contribution is 0.415. The summed E-state index contributed by atoms with van der Waals surface area (Å²) < 4.78 is 8.29. The highest BCUT2D eigenvalue weighted by atomic mass is 32.1. The summed E-state index contributed by atoms with van der Waals surface area (Å²) in [7, 11) is 1.69. The standard InChI is InChI=1S/C12H14N2OS/c1-12(5-6-12)14-10-7-8(15-2)3-4-9(10)13-11(14)16/h3-4,7H,5-6H2,1-2H3,(H,13,16). The molecule has 1 aliphatic rings. The fraction of sp³-hybridized carbons (Fsp3) is 0.417. The molecule has 1 aromatic carbocycles. The third-order valence-corrected chi connectivity index (χ3v) is 3.69. The van der Waals surface area contributed by atoms with Crippen molar-refractivity contribution in [3.05, 3.63) is 23.0 Å². The van der Waals surface area contributed by atoms with E-state index >= 15 is 0 Å². The van der Waals surface area contributed by atoms with Crippen LogP contribution in [0.1, 0.15) is 19.8 Å². The van der Waals surface area contributed by atoms with Crippen molar-refractivity contribution in [3.8, 4) is 5.75 Å². The van der Waals surface area contributed by atoms with Gasteiger partial charge in [0.2, 0.25) is 0 Å². The van der Waals surface area contributed by atoms with Gasteiger partial charge in [-0.05, 0) is 44.1 Å². The van der Waals surface area contributed by atoms with E-state index in [1.807, 2.05) is 18.2 Å². The number of aromatic nitrogens is 2. The number of nitrogens with zero attached hydrogens (tertiary/aromatic N) is 1. The molecule has 2 aromatic rings. The molecule has 1 aliphatic carbocycles. The van der Waals surface area contributed by atoms with Crippen LogP contribution in [0.5, 0.6) is 5.75 Å². The summed E-state index contributed by atoms with van der Waals surface area (Å²) in [6, 6.07) is 6.02. The van der Waals surface area contributed by atoms with Crippen LogP contribution in [0.25, 0.3) is 11.0 Å². The van der Waals surface area contributed by atoms with Gasteiger partial charge in [-0.2, -0.15) is 0 Å². The topological polar surface area (TPSA) is 29.9 Å². The number of imidazole rings is 1. The lowest BCUT2D eigenvalue weighted by Crippen LogP contribution is -2.11. The highest BCUT2D eigenvalue weighted by Gasteiger charge is 2.40. The summed E-state index contributed by atoms with van der Waals surface area (Å²) in [5.74, 6) is 0.875. The van der Waals surface area contributed by atoms with Crippen LogP contribution in [-0.2, 0) is 5.54 Å². The Bertz CT molecular complexity index is 607. The maximum absolute atomic E-state index is 5.39. The van der Waals surface area contributed by atoms with Crippen molar-refractivity contribution in [1.29, 1.82) is 0 Å². The number of hydrogen-bond donors (Lipinski definition) is 1. The van der Waals surface area contributed by atoms with Crippen molar-refractivity contribution in [2.75, 3.05) is 7.11 Å². The first-order valence-electron chi connectivity index (χ1n) is 5.43. The molecule has 0 spiro atoms. The van der Waals surface area contributed by atoms with E-state index in [4.69, 9.17) is 17.0 Å². The van der Waals surface area contributed by atoms with E-state index in [0.29, 0.717) is 0 Å². The van der Waals surface area contributed by atoms with Gasteiger partial charge in [-0.15, -0.1) is 0 Å². The monoisotopic (exact) mass is 234 g/mol. The number of H-pyrrole nitrogens is 1. The minimum absolute atomic E-state index is 0.210. The molecule has 0 saturated heterocycles. The van der Waals surface area contributed by atoms with Gasteiger partial charge in [-0.1, -0.05) is 0 Å². The van der Waals surface area contributed by atoms with E-state index in [1.54, 1.807) is 7.11 Å². The van der Waals surface area contributed by atoms with E-state index < -0.39 is 0 Å². The highest BCUT2D eigenvalue weighted by Crippen LogP contribution is 2.45. The molecule has 0 amide bonds. The first-order chi connectivity index (χ1) is 7.64. The Labute approximate surface area is 99.0 Å². The quantitative estimate of drug-likeness (QED) is 0.809. The largest absolute Gasteiger partial charge is 0.497 e. The van der Waals surface area contributed by atoms with Crippen LogP contribution in [0.2, 0.25) is 0 Å². The van der Waals surface area contributed by atoms with Crippen molar-refractivity contribution in [2.24, 2.45) is 0 Å². The SMILES string of the molecule is COc1ccc2[nH]c(=S)n(C3(C)CC3)c2c1. The predicted octanol–water partition coefficient (Wildman–Crippen LogP) is 3.22. The first-order valence-corrected chi connectivity index (χ1v) is 5.84. The zero-order valence-electron chi connectivity index (χ0n) is 9.41. The molecule has 1 heterocycles. The molecule has 0 atom stereocenters. The third-order valence-electron chi connectivity index (χ3n) is 3.40. The summed E-state index contributed by atoms with van der Waals surface area (Å²) in [4.78, 5) is 3.25. The van der Waals surface area contributed by atoms with Gasteiger partial charge in [0.25, 0.3) is 0 Å². The van der Waals surface area contributed by atoms with Crippen LogP contribution in [0.3, 0.4) is 0 Å². The Balaban J connectivity index is 2.33. The molecule has 0 unspecified atom stereocenters. The summed E-state index contributed by atoms with van der Waals surface area (Å²) in [6.07, 6.45) is 2.40. The second-order valence-corrected chi connectivity index (χ2v) is 5.03. The normalized spacial score (nSPS) is 17.6. The average molecular weight is 234 g/mol. The number of benzene rings is 1. The number of hydrogen-bond acceptors (Lipinski definition) is 2. The van der Waals surface area contributed by atoms with Gasteiger partial charge in [-0.25, -0.2) is 0 Å². The summed E-state index contributed by atoms with van der Waals surface area (Å²) >= 11 is 5.39. The van der Waals surface area contributed by atoms with E-state index in [9.17, 15) is 0 Å². The van der Waals surface area contributed by atoms with Crippen LogP contribution in [0.4, 0.5) is 0 Å². The maximum Gasteiger partial charge on any atom is 0.178 e. The number of rotatable bonds is 2. The van der Waals surface area contributed by atoms with Gasteiger partial charge in [-0.3, -0.25) is 0 Å². The molecule has 3 nitrogen and oxygen atoms in total. The Morgan fingerprint density at radius 1 is 1.44 bits per heavy atom. The summed E-state index contributed by atoms with van der Waals surface area (Å²) in [5.41, 5.74) is 2.44. The molecule has 1 saturated carbocycles. The van der Waals surface area contributed by atoms with E-state index in [1.165, 1.54) is 12.8 Å². The van der Waals surface area contributed by atoms with Crippen LogP contribution < -0.4 is 4.74 Å². The highest BCUT2D eigenvalue weighted by molar-refractivity contribution is 7.71. The smallest absolute Gasteiger partial charge is 0.178 e. The molecule has 0 radical (unpaired) electrons. The number of nitrogens with one attached hydrogen (secondary N) is 1. The molecule has 1 N–H and O–H groups in total. The lowest BCUT2D eigenvalue weighted by Gasteiger charge is -2.12. The van der Waals surface area contributed by atoms with Crippen molar-refractivity contribution in [3.63, 3.8) is 0 Å². The molecular weight excluding hydrogens is 220 g/mol. The molecule has 16 heavy (non-hydrogen) atoms. The minimum Gasteiger partial charge on any atom is -0.497 e. The van der Waals surface area contributed by atoms with Crippen LogP contribution >= 0.6 is 12.2 Å². The Kier molecular flexibility index (Phi) is 1.92. The fourth-order valence-corrected chi connectivity index (χ4v) is 2.58. The molecular formula is C12H14N2OS. The van der Waals surface area contributed by atoms with E-state index in [2.05, 4.69) is 16.5 Å².